The van der Waals surface area contributed by atoms with Crippen molar-refractivity contribution in [2.45, 2.75) is 24.8 Å². The van der Waals surface area contributed by atoms with Crippen molar-refractivity contribution in [1.82, 2.24) is 10.3 Å². The minimum absolute atomic E-state index is 0.0760. The first-order chi connectivity index (χ1) is 9.78. The summed E-state index contributed by atoms with van der Waals surface area (Å²) in [6.07, 6.45) is 1.74. The highest BCUT2D eigenvalue weighted by molar-refractivity contribution is 7.09. The quantitative estimate of drug-likeness (QED) is 0.883. The molecule has 0 saturated heterocycles. The molecule has 104 valence electrons. The Balaban J connectivity index is 1.58. The summed E-state index contributed by atoms with van der Waals surface area (Å²) in [6, 6.07) is 10.5. The number of aromatic nitrogens is 1. The van der Waals surface area contributed by atoms with Gasteiger partial charge in [0.25, 0.3) is 5.91 Å². The minimum atomic E-state index is -0.0760. The van der Waals surface area contributed by atoms with Crippen LogP contribution in [-0.2, 0) is 6.42 Å². The van der Waals surface area contributed by atoms with Crippen LogP contribution >= 0.6 is 11.3 Å². The number of nitrogens with zero attached hydrogens (tertiary/aromatic N) is 1. The summed E-state index contributed by atoms with van der Waals surface area (Å²) in [4.78, 5) is 16.4. The smallest absolute Gasteiger partial charge is 0.270 e. The summed E-state index contributed by atoms with van der Waals surface area (Å²) in [5.41, 5.74) is 7.29. The van der Waals surface area contributed by atoms with E-state index in [0.29, 0.717) is 18.2 Å². The third-order valence-corrected chi connectivity index (χ3v) is 4.39. The third-order valence-electron chi connectivity index (χ3n) is 3.48. The van der Waals surface area contributed by atoms with Crippen LogP contribution in [0.1, 0.15) is 33.4 Å². The lowest BCUT2D eigenvalue weighted by Gasteiger charge is -2.02. The van der Waals surface area contributed by atoms with E-state index in [9.17, 15) is 4.79 Å². The van der Waals surface area contributed by atoms with Gasteiger partial charge in [0.15, 0.2) is 0 Å². The van der Waals surface area contributed by atoms with Crippen LogP contribution in [0.15, 0.2) is 35.7 Å². The van der Waals surface area contributed by atoms with Crippen molar-refractivity contribution in [2.24, 2.45) is 5.73 Å². The van der Waals surface area contributed by atoms with Gasteiger partial charge in [-0.1, -0.05) is 30.3 Å². The SMILES string of the molecule is NCCc1nc(C(=O)NC2CC2c2ccccc2)cs1. The fraction of sp³-hybridized carbons (Fsp3) is 0.333. The Morgan fingerprint density at radius 3 is 2.95 bits per heavy atom. The van der Waals surface area contributed by atoms with Crippen LogP contribution in [0.5, 0.6) is 0 Å². The second-order valence-corrected chi connectivity index (χ2v) is 5.94. The summed E-state index contributed by atoms with van der Waals surface area (Å²) in [5, 5.41) is 5.78. The number of thiazole rings is 1. The number of hydrogen-bond donors (Lipinski definition) is 2. The Kier molecular flexibility index (Phi) is 3.80. The molecule has 0 aliphatic heterocycles. The monoisotopic (exact) mass is 287 g/mol. The lowest BCUT2D eigenvalue weighted by molar-refractivity contribution is 0.0946. The molecule has 2 atom stereocenters. The van der Waals surface area contributed by atoms with Crippen molar-refractivity contribution in [3.05, 3.63) is 52.0 Å². The number of benzene rings is 1. The van der Waals surface area contributed by atoms with Crippen LogP contribution in [-0.4, -0.2) is 23.5 Å². The first-order valence-electron chi connectivity index (χ1n) is 6.78. The van der Waals surface area contributed by atoms with Gasteiger partial charge in [-0.3, -0.25) is 4.79 Å². The van der Waals surface area contributed by atoms with Crippen molar-refractivity contribution in [1.29, 1.82) is 0 Å². The van der Waals surface area contributed by atoms with Gasteiger partial charge in [-0.05, 0) is 18.5 Å². The molecule has 5 heteroatoms. The molecule has 1 heterocycles. The second-order valence-electron chi connectivity index (χ2n) is 5.00. The number of nitrogens with two attached hydrogens (primary N) is 1. The number of amides is 1. The number of hydrogen-bond acceptors (Lipinski definition) is 4. The Morgan fingerprint density at radius 2 is 2.20 bits per heavy atom. The van der Waals surface area contributed by atoms with Crippen molar-refractivity contribution < 1.29 is 4.79 Å². The Morgan fingerprint density at radius 1 is 1.40 bits per heavy atom. The molecule has 1 aliphatic carbocycles. The summed E-state index contributed by atoms with van der Waals surface area (Å²) < 4.78 is 0. The lowest BCUT2D eigenvalue weighted by Crippen LogP contribution is -2.26. The molecule has 0 bridgehead atoms. The maximum Gasteiger partial charge on any atom is 0.270 e. The molecule has 3 rings (SSSR count). The molecule has 1 fully saturated rings. The number of nitrogens with one attached hydrogen (secondary N) is 1. The Hall–Kier alpha value is -1.72. The molecule has 1 aromatic heterocycles. The Labute approximate surface area is 122 Å². The van der Waals surface area contributed by atoms with Crippen LogP contribution < -0.4 is 11.1 Å². The van der Waals surface area contributed by atoms with Gasteiger partial charge in [-0.15, -0.1) is 11.3 Å². The molecule has 3 N–H and O–H groups in total. The molecule has 1 aromatic carbocycles. The zero-order valence-corrected chi connectivity index (χ0v) is 11.9. The highest BCUT2D eigenvalue weighted by Crippen LogP contribution is 2.40. The predicted molar refractivity (Wildman–Crippen MR) is 79.9 cm³/mol. The van der Waals surface area contributed by atoms with E-state index in [2.05, 4.69) is 22.4 Å². The standard InChI is InChI=1S/C15H17N3OS/c16-7-6-14-17-13(9-20-14)15(19)18-12-8-11(12)10-4-2-1-3-5-10/h1-5,9,11-12H,6-8,16H2,(H,18,19). The first-order valence-corrected chi connectivity index (χ1v) is 7.66. The summed E-state index contributed by atoms with van der Waals surface area (Å²) in [5.74, 6) is 0.371. The molecule has 2 aromatic rings. The van der Waals surface area contributed by atoms with E-state index >= 15 is 0 Å². The first kappa shape index (κ1) is 13.3. The van der Waals surface area contributed by atoms with Crippen molar-refractivity contribution >= 4 is 17.2 Å². The van der Waals surface area contributed by atoms with Crippen LogP contribution in [0.4, 0.5) is 0 Å². The van der Waals surface area contributed by atoms with E-state index < -0.39 is 0 Å². The van der Waals surface area contributed by atoms with Crippen molar-refractivity contribution in [2.75, 3.05) is 6.54 Å². The van der Waals surface area contributed by atoms with Gasteiger partial charge in [0.05, 0.1) is 5.01 Å². The maximum absolute atomic E-state index is 12.1. The number of carbonyl (C=O) groups is 1. The van der Waals surface area contributed by atoms with Crippen molar-refractivity contribution in [3.8, 4) is 0 Å². The van der Waals surface area contributed by atoms with E-state index in [1.165, 1.54) is 16.9 Å². The molecular weight excluding hydrogens is 270 g/mol. The van der Waals surface area contributed by atoms with Crippen LogP contribution in [0, 0.1) is 0 Å². The molecule has 0 radical (unpaired) electrons. The van der Waals surface area contributed by atoms with E-state index in [4.69, 9.17) is 5.73 Å². The lowest BCUT2D eigenvalue weighted by atomic mass is 10.1. The van der Waals surface area contributed by atoms with E-state index in [1.807, 2.05) is 18.2 Å². The van der Waals surface area contributed by atoms with E-state index in [0.717, 1.165) is 17.8 Å². The summed E-state index contributed by atoms with van der Waals surface area (Å²) in [7, 11) is 0. The van der Waals surface area contributed by atoms with Crippen molar-refractivity contribution in [3.63, 3.8) is 0 Å². The molecule has 1 aliphatic rings. The molecule has 4 nitrogen and oxygen atoms in total. The van der Waals surface area contributed by atoms with Crippen LogP contribution in [0.25, 0.3) is 0 Å². The molecule has 2 unspecified atom stereocenters. The third kappa shape index (κ3) is 2.89. The average Bonchev–Trinajstić information content (AvgIpc) is 3.07. The Bertz CT molecular complexity index is 596. The van der Waals surface area contributed by atoms with Gasteiger partial charge in [-0.2, -0.15) is 0 Å². The normalized spacial score (nSPS) is 20.6. The van der Waals surface area contributed by atoms with Gasteiger partial charge >= 0.3 is 0 Å². The molecule has 20 heavy (non-hydrogen) atoms. The predicted octanol–water partition coefficient (Wildman–Crippen LogP) is 1.93. The highest BCUT2D eigenvalue weighted by Gasteiger charge is 2.39. The minimum Gasteiger partial charge on any atom is -0.347 e. The summed E-state index contributed by atoms with van der Waals surface area (Å²) >= 11 is 1.50. The zero-order valence-electron chi connectivity index (χ0n) is 11.1. The topological polar surface area (TPSA) is 68.0 Å². The van der Waals surface area contributed by atoms with E-state index in [1.54, 1.807) is 5.38 Å². The molecule has 1 amide bonds. The summed E-state index contributed by atoms with van der Waals surface area (Å²) in [6.45, 7) is 0.563. The highest BCUT2D eigenvalue weighted by atomic mass is 32.1. The molecule has 1 saturated carbocycles. The van der Waals surface area contributed by atoms with Gasteiger partial charge in [0.1, 0.15) is 5.69 Å². The number of carbonyl (C=O) groups excluding carboxylic acids is 1. The van der Waals surface area contributed by atoms with Crippen LogP contribution in [0.2, 0.25) is 0 Å². The second kappa shape index (κ2) is 5.73. The average molecular weight is 287 g/mol. The molecular formula is C15H17N3OS. The number of rotatable bonds is 5. The van der Waals surface area contributed by atoms with E-state index in [-0.39, 0.29) is 11.9 Å². The van der Waals surface area contributed by atoms with Crippen LogP contribution in [0.3, 0.4) is 0 Å². The fourth-order valence-corrected chi connectivity index (χ4v) is 3.11. The van der Waals surface area contributed by atoms with Gasteiger partial charge in [0, 0.05) is 23.8 Å². The van der Waals surface area contributed by atoms with Gasteiger partial charge in [-0.25, -0.2) is 4.98 Å². The molecule has 0 spiro atoms. The maximum atomic E-state index is 12.1. The fourth-order valence-electron chi connectivity index (χ4n) is 2.32. The van der Waals surface area contributed by atoms with Gasteiger partial charge < -0.3 is 11.1 Å². The zero-order chi connectivity index (χ0) is 13.9. The van der Waals surface area contributed by atoms with Gasteiger partial charge in [0.2, 0.25) is 0 Å². The largest absolute Gasteiger partial charge is 0.347 e.